The van der Waals surface area contributed by atoms with Gasteiger partial charge in [0.2, 0.25) is 0 Å². The number of hydrogen-bond donors (Lipinski definition) is 3. The Morgan fingerprint density at radius 1 is 0.900 bits per heavy atom. The summed E-state index contributed by atoms with van der Waals surface area (Å²) in [5.74, 6) is -0.740. The van der Waals surface area contributed by atoms with Crippen molar-refractivity contribution >= 4 is 34.5 Å². The maximum absolute atomic E-state index is 13.0. The van der Waals surface area contributed by atoms with Crippen LogP contribution in [0.5, 0.6) is 0 Å². The first kappa shape index (κ1) is 19.2. The second-order valence-electron chi connectivity index (χ2n) is 7.03. The number of benzene rings is 3. The highest BCUT2D eigenvalue weighted by molar-refractivity contribution is 6.11. The molecule has 30 heavy (non-hydrogen) atoms. The number of rotatable bonds is 5. The van der Waals surface area contributed by atoms with E-state index in [1.807, 2.05) is 67.7 Å². The Morgan fingerprint density at radius 2 is 1.73 bits per heavy atom. The molecule has 0 atom stereocenters. The van der Waals surface area contributed by atoms with Gasteiger partial charge >= 0.3 is 0 Å². The molecule has 3 N–H and O–H groups in total. The van der Waals surface area contributed by atoms with Crippen LogP contribution in [0.4, 0.5) is 5.69 Å². The van der Waals surface area contributed by atoms with E-state index in [0.717, 1.165) is 22.0 Å². The third kappa shape index (κ3) is 4.47. The maximum Gasteiger partial charge on any atom is 0.272 e. The molecule has 2 amide bonds. The Hall–Kier alpha value is -4.12. The van der Waals surface area contributed by atoms with Crippen molar-refractivity contribution < 1.29 is 9.59 Å². The van der Waals surface area contributed by atoms with Crippen molar-refractivity contribution in [3.63, 3.8) is 0 Å². The molecule has 0 unspecified atom stereocenters. The van der Waals surface area contributed by atoms with Gasteiger partial charge in [0.1, 0.15) is 5.70 Å². The van der Waals surface area contributed by atoms with Crippen LogP contribution in [0.2, 0.25) is 0 Å². The van der Waals surface area contributed by atoms with E-state index in [1.54, 1.807) is 30.3 Å². The molecular formula is C25H21N3O2. The highest BCUT2D eigenvalue weighted by atomic mass is 16.2. The Bertz CT molecular complexity index is 1240. The largest absolute Gasteiger partial charge is 0.361 e. The second kappa shape index (κ2) is 8.49. The summed E-state index contributed by atoms with van der Waals surface area (Å²) in [4.78, 5) is 28.8. The monoisotopic (exact) mass is 395 g/mol. The molecule has 0 radical (unpaired) electrons. The summed E-state index contributed by atoms with van der Waals surface area (Å²) in [6.07, 6.45) is 3.52. The number of carbonyl (C=O) groups excluding carboxylic acids is 2. The standard InChI is InChI=1S/C25H21N3O2/c1-17-6-5-7-18(14-17)15-23(28-24(29)20-8-3-2-4-9-20)25(30)27-21-11-10-19-12-13-26-22(19)16-21/h2-16,26H,1H3,(H,27,30)(H,28,29)/b23-15+. The number of carbonyl (C=O) groups is 2. The zero-order valence-electron chi connectivity index (χ0n) is 16.5. The minimum absolute atomic E-state index is 0.168. The first-order chi connectivity index (χ1) is 14.6. The van der Waals surface area contributed by atoms with Crippen molar-refractivity contribution in [2.24, 2.45) is 0 Å². The van der Waals surface area contributed by atoms with Gasteiger partial charge in [-0.2, -0.15) is 0 Å². The highest BCUT2D eigenvalue weighted by Gasteiger charge is 2.15. The molecule has 5 nitrogen and oxygen atoms in total. The van der Waals surface area contributed by atoms with Gasteiger partial charge in [-0.15, -0.1) is 0 Å². The van der Waals surface area contributed by atoms with E-state index in [0.29, 0.717) is 11.3 Å². The lowest BCUT2D eigenvalue weighted by Gasteiger charge is -2.12. The molecule has 4 rings (SSSR count). The smallest absolute Gasteiger partial charge is 0.272 e. The Balaban J connectivity index is 1.62. The molecule has 1 aromatic heterocycles. The number of anilines is 1. The minimum Gasteiger partial charge on any atom is -0.361 e. The van der Waals surface area contributed by atoms with Gasteiger partial charge in [-0.1, -0.05) is 54.1 Å². The number of fused-ring (bicyclic) bond motifs is 1. The second-order valence-corrected chi connectivity index (χ2v) is 7.03. The highest BCUT2D eigenvalue weighted by Crippen LogP contribution is 2.18. The summed E-state index contributed by atoms with van der Waals surface area (Å²) in [6, 6.07) is 24.1. The third-order valence-electron chi connectivity index (χ3n) is 4.69. The van der Waals surface area contributed by atoms with E-state index in [2.05, 4.69) is 15.6 Å². The molecule has 0 fully saturated rings. The number of aryl methyl sites for hydroxylation is 1. The van der Waals surface area contributed by atoms with E-state index in [-0.39, 0.29) is 11.6 Å². The molecule has 0 saturated carbocycles. The van der Waals surface area contributed by atoms with E-state index < -0.39 is 5.91 Å². The van der Waals surface area contributed by atoms with Crippen LogP contribution in [0.25, 0.3) is 17.0 Å². The molecule has 0 bridgehead atoms. The lowest BCUT2D eigenvalue weighted by molar-refractivity contribution is -0.113. The van der Waals surface area contributed by atoms with Gasteiger partial charge in [0, 0.05) is 23.0 Å². The van der Waals surface area contributed by atoms with Gasteiger partial charge in [-0.05, 0) is 54.3 Å². The number of aromatic nitrogens is 1. The fraction of sp³-hybridized carbons (Fsp3) is 0.0400. The van der Waals surface area contributed by atoms with Crippen LogP contribution in [0.1, 0.15) is 21.5 Å². The number of nitrogens with one attached hydrogen (secondary N) is 3. The lowest BCUT2D eigenvalue weighted by Crippen LogP contribution is -2.30. The van der Waals surface area contributed by atoms with E-state index in [4.69, 9.17) is 0 Å². The molecule has 1 heterocycles. The number of amides is 2. The molecular weight excluding hydrogens is 374 g/mol. The number of aromatic amines is 1. The van der Waals surface area contributed by atoms with Crippen LogP contribution in [0, 0.1) is 6.92 Å². The number of H-pyrrole nitrogens is 1. The summed E-state index contributed by atoms with van der Waals surface area (Å²) in [5, 5.41) is 6.69. The summed E-state index contributed by atoms with van der Waals surface area (Å²) in [5.41, 5.74) is 4.10. The SMILES string of the molecule is Cc1cccc(/C=C(/NC(=O)c2ccccc2)C(=O)Nc2ccc3cc[nH]c3c2)c1. The Morgan fingerprint density at radius 3 is 2.53 bits per heavy atom. The molecule has 4 aromatic rings. The van der Waals surface area contributed by atoms with Crippen molar-refractivity contribution in [3.05, 3.63) is 107 Å². The van der Waals surface area contributed by atoms with Crippen molar-refractivity contribution in [2.45, 2.75) is 6.92 Å². The fourth-order valence-electron chi connectivity index (χ4n) is 3.19. The van der Waals surface area contributed by atoms with Crippen molar-refractivity contribution in [2.75, 3.05) is 5.32 Å². The van der Waals surface area contributed by atoms with Crippen LogP contribution in [0.15, 0.2) is 90.8 Å². The van der Waals surface area contributed by atoms with Crippen molar-refractivity contribution in [1.29, 1.82) is 0 Å². The van der Waals surface area contributed by atoms with Gasteiger partial charge in [-0.25, -0.2) is 0 Å². The lowest BCUT2D eigenvalue weighted by atomic mass is 10.1. The van der Waals surface area contributed by atoms with Crippen molar-refractivity contribution in [3.8, 4) is 0 Å². The normalized spacial score (nSPS) is 11.3. The van der Waals surface area contributed by atoms with Gasteiger partial charge in [-0.3, -0.25) is 9.59 Å². The molecule has 3 aromatic carbocycles. The molecule has 0 aliphatic carbocycles. The molecule has 148 valence electrons. The van der Waals surface area contributed by atoms with E-state index in [9.17, 15) is 9.59 Å². The molecule has 5 heteroatoms. The average molecular weight is 395 g/mol. The van der Waals surface area contributed by atoms with Crippen LogP contribution in [-0.4, -0.2) is 16.8 Å². The van der Waals surface area contributed by atoms with Gasteiger partial charge < -0.3 is 15.6 Å². The summed E-state index contributed by atoms with van der Waals surface area (Å²) in [7, 11) is 0. The zero-order chi connectivity index (χ0) is 20.9. The van der Waals surface area contributed by atoms with Gasteiger partial charge in [0.05, 0.1) is 0 Å². The minimum atomic E-state index is -0.397. The molecule has 0 aliphatic heterocycles. The predicted molar refractivity (Wildman–Crippen MR) is 120 cm³/mol. The topological polar surface area (TPSA) is 74.0 Å². The first-order valence-electron chi connectivity index (χ1n) is 9.62. The van der Waals surface area contributed by atoms with E-state index >= 15 is 0 Å². The third-order valence-corrected chi connectivity index (χ3v) is 4.69. The number of hydrogen-bond acceptors (Lipinski definition) is 2. The quantitative estimate of drug-likeness (QED) is 0.421. The van der Waals surface area contributed by atoms with Crippen LogP contribution in [-0.2, 0) is 4.79 Å². The fourth-order valence-corrected chi connectivity index (χ4v) is 3.19. The summed E-state index contributed by atoms with van der Waals surface area (Å²) in [6.45, 7) is 1.98. The molecule has 0 saturated heterocycles. The first-order valence-corrected chi connectivity index (χ1v) is 9.62. The van der Waals surface area contributed by atoms with Gasteiger partial charge in [0.15, 0.2) is 0 Å². The Kier molecular flexibility index (Phi) is 5.44. The average Bonchev–Trinajstić information content (AvgIpc) is 3.22. The predicted octanol–water partition coefficient (Wildman–Crippen LogP) is 4.89. The zero-order valence-corrected chi connectivity index (χ0v) is 16.5. The van der Waals surface area contributed by atoms with Gasteiger partial charge in [0.25, 0.3) is 11.8 Å². The van der Waals surface area contributed by atoms with E-state index in [1.165, 1.54) is 0 Å². The summed E-state index contributed by atoms with van der Waals surface area (Å²) >= 11 is 0. The summed E-state index contributed by atoms with van der Waals surface area (Å²) < 4.78 is 0. The molecule has 0 aliphatic rings. The van der Waals surface area contributed by atoms with Crippen LogP contribution >= 0.6 is 0 Å². The molecule has 0 spiro atoms. The van der Waals surface area contributed by atoms with Crippen LogP contribution < -0.4 is 10.6 Å². The van der Waals surface area contributed by atoms with Crippen molar-refractivity contribution in [1.82, 2.24) is 10.3 Å². The maximum atomic E-state index is 13.0. The van der Waals surface area contributed by atoms with Crippen LogP contribution in [0.3, 0.4) is 0 Å². The Labute approximate surface area is 174 Å².